The van der Waals surface area contributed by atoms with Crippen molar-refractivity contribution in [3.8, 4) is 5.69 Å². The maximum atomic E-state index is 5.40. The highest BCUT2D eigenvalue weighted by Crippen LogP contribution is 2.07. The number of nitrogens with one attached hydrogen (secondary N) is 1. The summed E-state index contributed by atoms with van der Waals surface area (Å²) in [6.07, 6.45) is 3.68. The molecular formula is C15H16N4O. The van der Waals surface area contributed by atoms with Crippen molar-refractivity contribution < 1.29 is 4.42 Å². The predicted octanol–water partition coefficient (Wildman–Crippen LogP) is 2.46. The van der Waals surface area contributed by atoms with Gasteiger partial charge in [-0.05, 0) is 25.1 Å². The minimum absolute atomic E-state index is 0.603. The molecule has 20 heavy (non-hydrogen) atoms. The molecule has 0 spiro atoms. The molecule has 1 aromatic carbocycles. The van der Waals surface area contributed by atoms with Gasteiger partial charge in [-0.3, -0.25) is 0 Å². The third-order valence-corrected chi connectivity index (χ3v) is 2.92. The second kappa shape index (κ2) is 5.71. The van der Waals surface area contributed by atoms with Gasteiger partial charge in [-0.1, -0.05) is 18.2 Å². The van der Waals surface area contributed by atoms with E-state index in [0.29, 0.717) is 19.0 Å². The van der Waals surface area contributed by atoms with Gasteiger partial charge >= 0.3 is 0 Å². The Kier molecular flexibility index (Phi) is 3.60. The fourth-order valence-corrected chi connectivity index (χ4v) is 1.96. The Balaban J connectivity index is 1.58. The van der Waals surface area contributed by atoms with Crippen LogP contribution in [-0.2, 0) is 13.1 Å². The van der Waals surface area contributed by atoms with E-state index in [1.807, 2.05) is 54.2 Å². The number of hydrogen-bond donors (Lipinski definition) is 1. The van der Waals surface area contributed by atoms with Gasteiger partial charge in [0, 0.05) is 12.7 Å². The van der Waals surface area contributed by atoms with Crippen molar-refractivity contribution in [1.29, 1.82) is 0 Å². The molecule has 0 fully saturated rings. The molecule has 0 aliphatic heterocycles. The second-order valence-electron chi connectivity index (χ2n) is 4.56. The molecule has 0 radical (unpaired) electrons. The average molecular weight is 268 g/mol. The fraction of sp³-hybridized carbons (Fsp3) is 0.200. The van der Waals surface area contributed by atoms with E-state index in [2.05, 4.69) is 15.4 Å². The lowest BCUT2D eigenvalue weighted by molar-refractivity contribution is 0.448. The number of rotatable bonds is 5. The smallest absolute Gasteiger partial charge is 0.208 e. The molecule has 1 N–H and O–H groups in total. The Labute approximate surface area is 117 Å². The molecule has 0 aliphatic rings. The highest BCUT2D eigenvalue weighted by Gasteiger charge is 2.03. The number of para-hydroxylation sites is 1. The Morgan fingerprint density at radius 3 is 2.75 bits per heavy atom. The van der Waals surface area contributed by atoms with Crippen molar-refractivity contribution >= 4 is 0 Å². The highest BCUT2D eigenvalue weighted by molar-refractivity contribution is 5.30. The molecule has 3 rings (SSSR count). The van der Waals surface area contributed by atoms with Crippen LogP contribution in [0.2, 0.25) is 0 Å². The van der Waals surface area contributed by atoms with E-state index in [1.54, 1.807) is 6.20 Å². The van der Waals surface area contributed by atoms with Crippen LogP contribution in [0.15, 0.2) is 53.2 Å². The van der Waals surface area contributed by atoms with Crippen LogP contribution in [0.3, 0.4) is 0 Å². The molecule has 0 bridgehead atoms. The summed E-state index contributed by atoms with van der Waals surface area (Å²) in [5.41, 5.74) is 2.04. The van der Waals surface area contributed by atoms with Gasteiger partial charge in [0.1, 0.15) is 5.76 Å². The number of hydrogen-bond acceptors (Lipinski definition) is 4. The molecule has 0 saturated heterocycles. The lowest BCUT2D eigenvalue weighted by Crippen LogP contribution is -2.13. The summed E-state index contributed by atoms with van der Waals surface area (Å²) in [7, 11) is 0. The summed E-state index contributed by atoms with van der Waals surface area (Å²) in [5.74, 6) is 1.53. The van der Waals surface area contributed by atoms with E-state index >= 15 is 0 Å². The molecule has 0 saturated carbocycles. The van der Waals surface area contributed by atoms with Crippen LogP contribution in [0.25, 0.3) is 5.69 Å². The summed E-state index contributed by atoms with van der Waals surface area (Å²) in [5, 5.41) is 7.78. The Morgan fingerprint density at radius 2 is 2.00 bits per heavy atom. The third kappa shape index (κ3) is 2.95. The normalized spacial score (nSPS) is 10.8. The van der Waals surface area contributed by atoms with Gasteiger partial charge in [0.15, 0.2) is 0 Å². The van der Waals surface area contributed by atoms with E-state index < -0.39 is 0 Å². The van der Waals surface area contributed by atoms with Gasteiger partial charge < -0.3 is 9.73 Å². The molecule has 0 amide bonds. The van der Waals surface area contributed by atoms with Gasteiger partial charge in [-0.25, -0.2) is 9.67 Å². The topological polar surface area (TPSA) is 55.9 Å². The van der Waals surface area contributed by atoms with Gasteiger partial charge in [-0.2, -0.15) is 5.10 Å². The molecule has 5 heteroatoms. The molecular weight excluding hydrogens is 252 g/mol. The Morgan fingerprint density at radius 1 is 1.15 bits per heavy atom. The molecule has 2 aromatic heterocycles. The highest BCUT2D eigenvalue weighted by atomic mass is 16.4. The summed E-state index contributed by atoms with van der Waals surface area (Å²) < 4.78 is 7.26. The molecule has 0 unspecified atom stereocenters. The summed E-state index contributed by atoms with van der Waals surface area (Å²) in [4.78, 5) is 4.14. The summed E-state index contributed by atoms with van der Waals surface area (Å²) in [6.45, 7) is 3.17. The van der Waals surface area contributed by atoms with Crippen LogP contribution in [0.5, 0.6) is 0 Å². The van der Waals surface area contributed by atoms with E-state index in [0.717, 1.165) is 17.1 Å². The van der Waals surface area contributed by atoms with Crippen molar-refractivity contribution in [2.75, 3.05) is 0 Å². The monoisotopic (exact) mass is 268 g/mol. The first kappa shape index (κ1) is 12.6. The molecule has 2 heterocycles. The van der Waals surface area contributed by atoms with Crippen molar-refractivity contribution in [2.45, 2.75) is 20.0 Å². The average Bonchev–Trinajstić information content (AvgIpc) is 3.09. The zero-order valence-electron chi connectivity index (χ0n) is 11.3. The molecule has 3 aromatic rings. The van der Waals surface area contributed by atoms with Crippen LogP contribution < -0.4 is 5.32 Å². The van der Waals surface area contributed by atoms with Crippen molar-refractivity contribution in [2.24, 2.45) is 0 Å². The van der Waals surface area contributed by atoms with E-state index in [1.165, 1.54) is 0 Å². The van der Waals surface area contributed by atoms with Crippen LogP contribution in [-0.4, -0.2) is 14.8 Å². The van der Waals surface area contributed by atoms with Gasteiger partial charge in [-0.15, -0.1) is 0 Å². The van der Waals surface area contributed by atoms with Crippen LogP contribution in [0.4, 0.5) is 0 Å². The first-order chi connectivity index (χ1) is 9.81. The zero-order valence-corrected chi connectivity index (χ0v) is 11.3. The van der Waals surface area contributed by atoms with Crippen molar-refractivity contribution in [1.82, 2.24) is 20.1 Å². The molecule has 5 nitrogen and oxygen atoms in total. The van der Waals surface area contributed by atoms with Crippen LogP contribution in [0.1, 0.15) is 17.3 Å². The summed E-state index contributed by atoms with van der Waals surface area (Å²) in [6, 6.07) is 12.0. The quantitative estimate of drug-likeness (QED) is 0.772. The maximum Gasteiger partial charge on any atom is 0.208 e. The number of nitrogens with zero attached hydrogens (tertiary/aromatic N) is 3. The standard InChI is InChI=1S/C15H16N4O/c1-12-9-17-15(20-12)11-16-10-13-7-8-19(18-13)14-5-3-2-4-6-14/h2-9,16H,10-11H2,1H3. The second-order valence-corrected chi connectivity index (χ2v) is 4.56. The minimum atomic E-state index is 0.603. The predicted molar refractivity (Wildman–Crippen MR) is 75.3 cm³/mol. The lowest BCUT2D eigenvalue weighted by atomic mass is 10.3. The lowest BCUT2D eigenvalue weighted by Gasteiger charge is -2.01. The SMILES string of the molecule is Cc1cnc(CNCc2ccn(-c3ccccc3)n2)o1. The fourth-order valence-electron chi connectivity index (χ4n) is 1.96. The third-order valence-electron chi connectivity index (χ3n) is 2.92. The van der Waals surface area contributed by atoms with Crippen molar-refractivity contribution in [3.63, 3.8) is 0 Å². The van der Waals surface area contributed by atoms with Crippen molar-refractivity contribution in [3.05, 3.63) is 66.1 Å². The zero-order chi connectivity index (χ0) is 13.8. The number of aryl methyl sites for hydroxylation is 1. The van der Waals surface area contributed by atoms with E-state index in [-0.39, 0.29) is 0 Å². The first-order valence-electron chi connectivity index (χ1n) is 6.53. The molecule has 0 atom stereocenters. The van der Waals surface area contributed by atoms with E-state index in [9.17, 15) is 0 Å². The number of benzene rings is 1. The Bertz CT molecular complexity index is 672. The molecule has 0 aliphatic carbocycles. The number of aromatic nitrogens is 3. The van der Waals surface area contributed by atoms with Gasteiger partial charge in [0.2, 0.25) is 5.89 Å². The maximum absolute atomic E-state index is 5.40. The van der Waals surface area contributed by atoms with Crippen LogP contribution >= 0.6 is 0 Å². The minimum Gasteiger partial charge on any atom is -0.445 e. The molecule has 102 valence electrons. The number of oxazole rings is 1. The largest absolute Gasteiger partial charge is 0.445 e. The first-order valence-corrected chi connectivity index (χ1v) is 6.53. The Hall–Kier alpha value is -2.40. The summed E-state index contributed by atoms with van der Waals surface area (Å²) >= 11 is 0. The van der Waals surface area contributed by atoms with Gasteiger partial charge in [0.25, 0.3) is 0 Å². The van der Waals surface area contributed by atoms with E-state index in [4.69, 9.17) is 4.42 Å². The van der Waals surface area contributed by atoms with Crippen LogP contribution in [0, 0.1) is 6.92 Å². The van der Waals surface area contributed by atoms with Gasteiger partial charge in [0.05, 0.1) is 24.1 Å².